The fourth-order valence-electron chi connectivity index (χ4n) is 4.20. The number of aryl methyl sites for hydroxylation is 3. The van der Waals surface area contributed by atoms with Crippen molar-refractivity contribution in [2.75, 3.05) is 0 Å². The highest BCUT2D eigenvalue weighted by atomic mass is 19.1. The Hall–Kier alpha value is -4.00. The number of hydrogen-bond acceptors (Lipinski definition) is 4. The summed E-state index contributed by atoms with van der Waals surface area (Å²) >= 11 is 0. The summed E-state index contributed by atoms with van der Waals surface area (Å²) in [6.07, 6.45) is 5.38. The van der Waals surface area contributed by atoms with Crippen LogP contribution < -0.4 is 4.74 Å². The van der Waals surface area contributed by atoms with Gasteiger partial charge in [-0.05, 0) is 53.8 Å². The molecule has 33 heavy (non-hydrogen) atoms. The largest absolute Gasteiger partial charge is 0.435 e. The number of nitrogens with zero attached hydrogens (tertiary/aromatic N) is 4. The van der Waals surface area contributed by atoms with E-state index in [0.29, 0.717) is 24.2 Å². The SMILES string of the molecule is Cc1cc(C)c(Oc2nccc3c2C(=O)N(Cc2ccc(-c4cnn(C)c4)cc2)C3)c(F)c1. The average molecular weight is 442 g/mol. The minimum atomic E-state index is -0.470. The lowest BCUT2D eigenvalue weighted by atomic mass is 10.1. The number of amides is 1. The molecule has 0 atom stereocenters. The van der Waals surface area contributed by atoms with E-state index in [1.807, 2.05) is 62.8 Å². The van der Waals surface area contributed by atoms with Gasteiger partial charge in [-0.15, -0.1) is 0 Å². The average Bonchev–Trinajstić information content (AvgIpc) is 3.35. The number of hydrogen-bond donors (Lipinski definition) is 0. The molecule has 1 amide bonds. The molecule has 2 aromatic carbocycles. The van der Waals surface area contributed by atoms with Crippen LogP contribution in [0.3, 0.4) is 0 Å². The molecule has 3 heterocycles. The third-order valence-electron chi connectivity index (χ3n) is 5.80. The fourth-order valence-corrected chi connectivity index (χ4v) is 4.20. The molecule has 0 bridgehead atoms. The Kier molecular flexibility index (Phi) is 5.17. The molecule has 4 aromatic rings. The van der Waals surface area contributed by atoms with Crippen molar-refractivity contribution in [2.24, 2.45) is 7.05 Å². The van der Waals surface area contributed by atoms with Crippen LogP contribution in [0.25, 0.3) is 11.1 Å². The van der Waals surface area contributed by atoms with Gasteiger partial charge in [-0.2, -0.15) is 5.10 Å². The van der Waals surface area contributed by atoms with E-state index in [-0.39, 0.29) is 17.5 Å². The third-order valence-corrected chi connectivity index (χ3v) is 5.80. The molecule has 1 aliphatic heterocycles. The molecular weight excluding hydrogens is 419 g/mol. The molecule has 0 spiro atoms. The Bertz CT molecular complexity index is 1340. The number of rotatable bonds is 5. The molecule has 0 saturated carbocycles. The molecule has 7 heteroatoms. The highest BCUT2D eigenvalue weighted by Crippen LogP contribution is 2.35. The van der Waals surface area contributed by atoms with Crippen molar-refractivity contribution in [1.82, 2.24) is 19.7 Å². The maximum absolute atomic E-state index is 14.5. The van der Waals surface area contributed by atoms with Gasteiger partial charge in [-0.3, -0.25) is 9.48 Å². The molecular formula is C26H23FN4O2. The van der Waals surface area contributed by atoms with Crippen LogP contribution in [0, 0.1) is 19.7 Å². The van der Waals surface area contributed by atoms with Gasteiger partial charge in [0, 0.05) is 38.1 Å². The molecule has 0 fully saturated rings. The summed E-state index contributed by atoms with van der Waals surface area (Å²) in [5.41, 5.74) is 5.80. The molecule has 2 aromatic heterocycles. The summed E-state index contributed by atoms with van der Waals surface area (Å²) in [4.78, 5) is 19.2. The zero-order chi connectivity index (χ0) is 23.1. The first-order valence-corrected chi connectivity index (χ1v) is 10.7. The first kappa shape index (κ1) is 20.9. The van der Waals surface area contributed by atoms with Crippen LogP contribution in [0.1, 0.15) is 32.6 Å². The van der Waals surface area contributed by atoms with E-state index in [2.05, 4.69) is 10.1 Å². The molecule has 0 aliphatic carbocycles. The van der Waals surface area contributed by atoms with Crippen molar-refractivity contribution in [3.05, 3.63) is 94.7 Å². The third kappa shape index (κ3) is 3.98. The fraction of sp³-hybridized carbons (Fsp3) is 0.192. The lowest BCUT2D eigenvalue weighted by Crippen LogP contribution is -2.23. The first-order chi connectivity index (χ1) is 15.9. The lowest BCUT2D eigenvalue weighted by Gasteiger charge is -2.16. The maximum Gasteiger partial charge on any atom is 0.260 e. The number of carbonyl (C=O) groups is 1. The molecule has 6 nitrogen and oxygen atoms in total. The predicted octanol–water partition coefficient (Wildman–Crippen LogP) is 5.19. The molecule has 5 rings (SSSR count). The second-order valence-electron chi connectivity index (χ2n) is 8.41. The number of pyridine rings is 1. The number of aromatic nitrogens is 3. The molecule has 0 N–H and O–H groups in total. The van der Waals surface area contributed by atoms with Gasteiger partial charge in [0.25, 0.3) is 5.91 Å². The van der Waals surface area contributed by atoms with Crippen molar-refractivity contribution in [2.45, 2.75) is 26.9 Å². The monoisotopic (exact) mass is 442 g/mol. The minimum absolute atomic E-state index is 0.0961. The van der Waals surface area contributed by atoms with Crippen molar-refractivity contribution in [1.29, 1.82) is 0 Å². The quantitative estimate of drug-likeness (QED) is 0.427. The highest BCUT2D eigenvalue weighted by Gasteiger charge is 2.32. The lowest BCUT2D eigenvalue weighted by molar-refractivity contribution is 0.0764. The predicted molar refractivity (Wildman–Crippen MR) is 122 cm³/mol. The summed E-state index contributed by atoms with van der Waals surface area (Å²) in [6, 6.07) is 13.1. The normalized spacial score (nSPS) is 12.8. The highest BCUT2D eigenvalue weighted by molar-refractivity contribution is 6.00. The van der Waals surface area contributed by atoms with E-state index in [9.17, 15) is 9.18 Å². The summed E-state index contributed by atoms with van der Waals surface area (Å²) in [6.45, 7) is 4.51. The van der Waals surface area contributed by atoms with Gasteiger partial charge in [0.2, 0.25) is 5.88 Å². The minimum Gasteiger partial charge on any atom is -0.435 e. The van der Waals surface area contributed by atoms with Gasteiger partial charge in [-0.1, -0.05) is 30.3 Å². The van der Waals surface area contributed by atoms with Crippen LogP contribution in [-0.2, 0) is 20.1 Å². The second-order valence-corrected chi connectivity index (χ2v) is 8.41. The summed E-state index contributed by atoms with van der Waals surface area (Å²) in [5, 5.41) is 4.21. The first-order valence-electron chi connectivity index (χ1n) is 10.7. The summed E-state index contributed by atoms with van der Waals surface area (Å²) < 4.78 is 22.1. The zero-order valence-corrected chi connectivity index (χ0v) is 18.7. The standard InChI is InChI=1S/C26H23FN4O2/c1-16-10-17(2)24(22(27)11-16)33-25-23-20(8-9-28-25)15-31(26(23)32)13-18-4-6-19(7-5-18)21-12-29-30(3)14-21/h4-12,14H,13,15H2,1-3H3. The van der Waals surface area contributed by atoms with Crippen LogP contribution in [0.2, 0.25) is 0 Å². The Morgan fingerprint density at radius 1 is 1.09 bits per heavy atom. The van der Waals surface area contributed by atoms with Gasteiger partial charge in [0.15, 0.2) is 11.6 Å². The zero-order valence-electron chi connectivity index (χ0n) is 18.7. The second kappa shape index (κ2) is 8.16. The van der Waals surface area contributed by atoms with Crippen LogP contribution in [0.5, 0.6) is 11.6 Å². The van der Waals surface area contributed by atoms with E-state index in [0.717, 1.165) is 27.8 Å². The number of carbonyl (C=O) groups excluding carboxylic acids is 1. The van der Waals surface area contributed by atoms with Crippen LogP contribution in [0.15, 0.2) is 61.1 Å². The van der Waals surface area contributed by atoms with Gasteiger partial charge in [0.1, 0.15) is 5.56 Å². The van der Waals surface area contributed by atoms with Crippen molar-refractivity contribution < 1.29 is 13.9 Å². The van der Waals surface area contributed by atoms with E-state index < -0.39 is 5.82 Å². The van der Waals surface area contributed by atoms with Gasteiger partial charge < -0.3 is 9.64 Å². The molecule has 166 valence electrons. The summed E-state index contributed by atoms with van der Waals surface area (Å²) in [7, 11) is 1.88. The molecule has 0 radical (unpaired) electrons. The smallest absolute Gasteiger partial charge is 0.260 e. The molecule has 0 saturated heterocycles. The van der Waals surface area contributed by atoms with Gasteiger partial charge in [-0.25, -0.2) is 9.37 Å². The Labute approximate surface area is 191 Å². The topological polar surface area (TPSA) is 60.2 Å². The van der Waals surface area contributed by atoms with E-state index in [1.165, 1.54) is 6.07 Å². The van der Waals surface area contributed by atoms with Gasteiger partial charge >= 0.3 is 0 Å². The maximum atomic E-state index is 14.5. The van der Waals surface area contributed by atoms with Gasteiger partial charge in [0.05, 0.1) is 6.20 Å². The summed E-state index contributed by atoms with van der Waals surface area (Å²) in [5.74, 6) is -0.408. The van der Waals surface area contributed by atoms with E-state index >= 15 is 0 Å². The number of ether oxygens (including phenoxy) is 1. The van der Waals surface area contributed by atoms with Crippen LogP contribution in [0.4, 0.5) is 4.39 Å². The Balaban J connectivity index is 1.36. The van der Waals surface area contributed by atoms with Crippen molar-refractivity contribution in [3.8, 4) is 22.8 Å². The van der Waals surface area contributed by atoms with Crippen molar-refractivity contribution >= 4 is 5.91 Å². The van der Waals surface area contributed by atoms with E-state index in [4.69, 9.17) is 4.74 Å². The Morgan fingerprint density at radius 3 is 2.58 bits per heavy atom. The van der Waals surface area contributed by atoms with Crippen molar-refractivity contribution in [3.63, 3.8) is 0 Å². The molecule has 0 unspecified atom stereocenters. The molecule has 1 aliphatic rings. The number of halogens is 1. The number of benzene rings is 2. The Morgan fingerprint density at radius 2 is 1.88 bits per heavy atom. The number of fused-ring (bicyclic) bond motifs is 1. The van der Waals surface area contributed by atoms with Crippen LogP contribution >= 0.6 is 0 Å². The van der Waals surface area contributed by atoms with Crippen LogP contribution in [-0.4, -0.2) is 25.6 Å². The van der Waals surface area contributed by atoms with E-state index in [1.54, 1.807) is 22.7 Å².